The number of nitrogens with one attached hydrogen (secondary N) is 1. The first-order chi connectivity index (χ1) is 10.2. The highest BCUT2D eigenvalue weighted by Crippen LogP contribution is 2.20. The highest BCUT2D eigenvalue weighted by Gasteiger charge is 2.20. The van der Waals surface area contributed by atoms with E-state index in [1.165, 1.54) is 0 Å². The molecule has 21 heavy (non-hydrogen) atoms. The average molecular weight is 287 g/mol. The summed E-state index contributed by atoms with van der Waals surface area (Å²) in [6.07, 6.45) is 5.14. The number of hydrogen-bond acceptors (Lipinski definition) is 4. The molecule has 1 aliphatic rings. The van der Waals surface area contributed by atoms with E-state index in [0.717, 1.165) is 37.6 Å². The fourth-order valence-electron chi connectivity index (χ4n) is 2.36. The third-order valence-corrected chi connectivity index (χ3v) is 3.57. The van der Waals surface area contributed by atoms with E-state index in [-0.39, 0.29) is 5.91 Å². The minimum atomic E-state index is 0.111. The average Bonchev–Trinajstić information content (AvgIpc) is 2.55. The molecule has 5 nitrogen and oxygen atoms in total. The lowest BCUT2D eigenvalue weighted by Crippen LogP contribution is -2.50. The molecular weight excluding hydrogens is 266 g/mol. The highest BCUT2D eigenvalue weighted by molar-refractivity contribution is 5.78. The molecule has 1 saturated heterocycles. The maximum atomic E-state index is 12.0. The SMILES string of the molecule is C#CCNCC(=O)N1CCN(c2ccc(OC)cc2)CC1. The van der Waals surface area contributed by atoms with E-state index < -0.39 is 0 Å². The highest BCUT2D eigenvalue weighted by atomic mass is 16.5. The number of piperazine rings is 1. The normalized spacial score (nSPS) is 14.7. The van der Waals surface area contributed by atoms with Crippen LogP contribution in [0.5, 0.6) is 5.75 Å². The fourth-order valence-corrected chi connectivity index (χ4v) is 2.36. The Morgan fingerprint density at radius 2 is 1.95 bits per heavy atom. The van der Waals surface area contributed by atoms with Gasteiger partial charge in [0.05, 0.1) is 20.2 Å². The molecule has 1 aliphatic heterocycles. The molecule has 1 aromatic rings. The monoisotopic (exact) mass is 287 g/mol. The van der Waals surface area contributed by atoms with Gasteiger partial charge in [-0.1, -0.05) is 5.92 Å². The molecule has 0 bridgehead atoms. The van der Waals surface area contributed by atoms with Crippen molar-refractivity contribution < 1.29 is 9.53 Å². The lowest BCUT2D eigenvalue weighted by molar-refractivity contribution is -0.130. The Morgan fingerprint density at radius 3 is 2.52 bits per heavy atom. The summed E-state index contributed by atoms with van der Waals surface area (Å²) in [5, 5.41) is 2.93. The summed E-state index contributed by atoms with van der Waals surface area (Å²) < 4.78 is 5.16. The Labute approximate surface area is 125 Å². The van der Waals surface area contributed by atoms with Crippen molar-refractivity contribution in [3.05, 3.63) is 24.3 Å². The molecule has 1 amide bonds. The van der Waals surface area contributed by atoms with Crippen LogP contribution in [0.4, 0.5) is 5.69 Å². The van der Waals surface area contributed by atoms with E-state index in [0.29, 0.717) is 13.1 Å². The summed E-state index contributed by atoms with van der Waals surface area (Å²) in [5.74, 6) is 3.43. The smallest absolute Gasteiger partial charge is 0.236 e. The van der Waals surface area contributed by atoms with Crippen LogP contribution in [0.25, 0.3) is 0 Å². The van der Waals surface area contributed by atoms with E-state index in [4.69, 9.17) is 11.2 Å². The Bertz CT molecular complexity index is 499. The van der Waals surface area contributed by atoms with Gasteiger partial charge >= 0.3 is 0 Å². The minimum absolute atomic E-state index is 0.111. The molecule has 0 unspecified atom stereocenters. The zero-order valence-corrected chi connectivity index (χ0v) is 12.3. The van der Waals surface area contributed by atoms with Crippen LogP contribution in [-0.4, -0.2) is 57.2 Å². The largest absolute Gasteiger partial charge is 0.497 e. The van der Waals surface area contributed by atoms with Crippen LogP contribution in [0, 0.1) is 12.3 Å². The molecule has 2 rings (SSSR count). The van der Waals surface area contributed by atoms with Crippen molar-refractivity contribution in [2.45, 2.75) is 0 Å². The second kappa shape index (κ2) is 7.55. The number of carbonyl (C=O) groups is 1. The van der Waals surface area contributed by atoms with Gasteiger partial charge < -0.3 is 14.5 Å². The molecule has 0 aliphatic carbocycles. The van der Waals surface area contributed by atoms with Crippen LogP contribution in [0.15, 0.2) is 24.3 Å². The summed E-state index contributed by atoms with van der Waals surface area (Å²) in [5.41, 5.74) is 1.16. The van der Waals surface area contributed by atoms with Crippen molar-refractivity contribution in [3.63, 3.8) is 0 Å². The van der Waals surface area contributed by atoms with Crippen LogP contribution in [0.2, 0.25) is 0 Å². The number of rotatable bonds is 5. The standard InChI is InChI=1S/C16H21N3O2/c1-3-8-17-13-16(20)19-11-9-18(10-12-19)14-4-6-15(21-2)7-5-14/h1,4-7,17H,8-13H2,2H3. The lowest BCUT2D eigenvalue weighted by atomic mass is 10.2. The molecule has 1 N–H and O–H groups in total. The molecule has 0 aromatic heterocycles. The van der Waals surface area contributed by atoms with Crippen molar-refractivity contribution in [1.29, 1.82) is 0 Å². The van der Waals surface area contributed by atoms with Gasteiger partial charge in [-0.2, -0.15) is 0 Å². The van der Waals surface area contributed by atoms with Crippen molar-refractivity contribution in [2.75, 3.05) is 51.3 Å². The minimum Gasteiger partial charge on any atom is -0.497 e. The summed E-state index contributed by atoms with van der Waals surface area (Å²) in [6.45, 7) is 3.90. The maximum Gasteiger partial charge on any atom is 0.236 e. The molecule has 112 valence electrons. The van der Waals surface area contributed by atoms with Gasteiger partial charge in [0.1, 0.15) is 5.75 Å². The van der Waals surface area contributed by atoms with Crippen LogP contribution < -0.4 is 15.0 Å². The van der Waals surface area contributed by atoms with Crippen molar-refractivity contribution in [3.8, 4) is 18.1 Å². The van der Waals surface area contributed by atoms with E-state index in [1.54, 1.807) is 7.11 Å². The van der Waals surface area contributed by atoms with Gasteiger partial charge in [-0.05, 0) is 24.3 Å². The Hall–Kier alpha value is -2.19. The summed E-state index contributed by atoms with van der Waals surface area (Å²) in [6, 6.07) is 8.00. The predicted molar refractivity (Wildman–Crippen MR) is 83.5 cm³/mol. The Balaban J connectivity index is 1.82. The van der Waals surface area contributed by atoms with Crippen LogP contribution >= 0.6 is 0 Å². The molecule has 0 spiro atoms. The van der Waals surface area contributed by atoms with Gasteiger partial charge in [-0.25, -0.2) is 0 Å². The molecule has 1 fully saturated rings. The van der Waals surface area contributed by atoms with Gasteiger partial charge in [0.15, 0.2) is 0 Å². The maximum absolute atomic E-state index is 12.0. The fraction of sp³-hybridized carbons (Fsp3) is 0.438. The number of carbonyl (C=O) groups excluding carboxylic acids is 1. The van der Waals surface area contributed by atoms with E-state index in [9.17, 15) is 4.79 Å². The van der Waals surface area contributed by atoms with E-state index in [2.05, 4.69) is 16.1 Å². The number of ether oxygens (including phenoxy) is 1. The van der Waals surface area contributed by atoms with E-state index in [1.807, 2.05) is 29.2 Å². The van der Waals surface area contributed by atoms with Crippen molar-refractivity contribution in [1.82, 2.24) is 10.2 Å². The van der Waals surface area contributed by atoms with Gasteiger partial charge in [0.2, 0.25) is 5.91 Å². The topological polar surface area (TPSA) is 44.8 Å². The molecule has 1 aromatic carbocycles. The quantitative estimate of drug-likeness (QED) is 0.635. The number of terminal acetylenes is 1. The Kier molecular flexibility index (Phi) is 5.47. The zero-order valence-electron chi connectivity index (χ0n) is 12.3. The number of anilines is 1. The molecule has 1 heterocycles. The van der Waals surface area contributed by atoms with Gasteiger partial charge in [0.25, 0.3) is 0 Å². The zero-order chi connectivity index (χ0) is 15.1. The molecule has 0 atom stereocenters. The molecule has 0 saturated carbocycles. The van der Waals surface area contributed by atoms with Gasteiger partial charge in [0, 0.05) is 31.9 Å². The summed E-state index contributed by atoms with van der Waals surface area (Å²) in [4.78, 5) is 16.1. The second-order valence-electron chi connectivity index (χ2n) is 4.87. The van der Waals surface area contributed by atoms with Crippen LogP contribution in [0.1, 0.15) is 0 Å². The summed E-state index contributed by atoms with van der Waals surface area (Å²) >= 11 is 0. The number of methoxy groups -OCH3 is 1. The predicted octanol–water partition coefficient (Wildman–Crippen LogP) is 0.567. The molecule has 5 heteroatoms. The number of hydrogen-bond donors (Lipinski definition) is 1. The second-order valence-corrected chi connectivity index (χ2v) is 4.87. The molecular formula is C16H21N3O2. The third kappa shape index (κ3) is 4.14. The van der Waals surface area contributed by atoms with Crippen LogP contribution in [0.3, 0.4) is 0 Å². The van der Waals surface area contributed by atoms with Crippen LogP contribution in [-0.2, 0) is 4.79 Å². The summed E-state index contributed by atoms with van der Waals surface area (Å²) in [7, 11) is 1.66. The number of benzene rings is 1. The first-order valence-electron chi connectivity index (χ1n) is 7.05. The third-order valence-electron chi connectivity index (χ3n) is 3.57. The van der Waals surface area contributed by atoms with Crippen molar-refractivity contribution in [2.24, 2.45) is 0 Å². The number of nitrogens with zero attached hydrogens (tertiary/aromatic N) is 2. The molecule has 0 radical (unpaired) electrons. The first-order valence-corrected chi connectivity index (χ1v) is 7.05. The number of amides is 1. The van der Waals surface area contributed by atoms with Gasteiger partial charge in [-0.15, -0.1) is 6.42 Å². The first kappa shape index (κ1) is 15.2. The Morgan fingerprint density at radius 1 is 1.29 bits per heavy atom. The lowest BCUT2D eigenvalue weighted by Gasteiger charge is -2.36. The van der Waals surface area contributed by atoms with Gasteiger partial charge in [-0.3, -0.25) is 10.1 Å². The van der Waals surface area contributed by atoms with E-state index >= 15 is 0 Å². The van der Waals surface area contributed by atoms with Crippen molar-refractivity contribution >= 4 is 11.6 Å².